The van der Waals surface area contributed by atoms with Crippen molar-refractivity contribution in [3.63, 3.8) is 0 Å². The number of hydrogen-bond donors (Lipinski definition) is 1. The zero-order valence-electron chi connectivity index (χ0n) is 15.2. The number of nitrogens with zero attached hydrogens (tertiary/aromatic N) is 5. The molecule has 2 aromatic heterocycles. The maximum atomic E-state index is 6.12. The van der Waals surface area contributed by atoms with Gasteiger partial charge < -0.3 is 10.6 Å². The van der Waals surface area contributed by atoms with Crippen LogP contribution in [0.2, 0.25) is 0 Å². The summed E-state index contributed by atoms with van der Waals surface area (Å²) in [6.07, 6.45) is 2.86. The number of fused-ring (bicyclic) bond motifs is 1. The van der Waals surface area contributed by atoms with Gasteiger partial charge in [0, 0.05) is 26.1 Å². The van der Waals surface area contributed by atoms with E-state index in [9.17, 15) is 0 Å². The number of nitrogen functional groups attached to an aromatic ring is 1. The van der Waals surface area contributed by atoms with Crippen LogP contribution in [0.25, 0.3) is 11.0 Å². The number of aryl methyl sites for hydroxylation is 1. The van der Waals surface area contributed by atoms with Gasteiger partial charge in [0.1, 0.15) is 5.82 Å². The van der Waals surface area contributed by atoms with Gasteiger partial charge in [-0.2, -0.15) is 15.1 Å². The van der Waals surface area contributed by atoms with Crippen LogP contribution in [0.1, 0.15) is 25.8 Å². The molecular formula is C19H24N6. The SMILES string of the molecule is CN(CC1(c2ccccc2)CC1(C)C)c1nc(N)c2cnn(C)c2n1. The van der Waals surface area contributed by atoms with Gasteiger partial charge in [-0.3, -0.25) is 4.68 Å². The molecule has 4 rings (SSSR count). The first-order chi connectivity index (χ1) is 11.8. The van der Waals surface area contributed by atoms with E-state index in [2.05, 4.69) is 64.1 Å². The van der Waals surface area contributed by atoms with Crippen LogP contribution >= 0.6 is 0 Å². The van der Waals surface area contributed by atoms with E-state index in [0.717, 1.165) is 24.0 Å². The van der Waals surface area contributed by atoms with E-state index in [0.29, 0.717) is 11.8 Å². The van der Waals surface area contributed by atoms with Crippen LogP contribution in [-0.2, 0) is 12.5 Å². The predicted molar refractivity (Wildman–Crippen MR) is 101 cm³/mol. The van der Waals surface area contributed by atoms with Crippen LogP contribution in [0.4, 0.5) is 11.8 Å². The van der Waals surface area contributed by atoms with E-state index in [1.165, 1.54) is 5.56 Å². The maximum Gasteiger partial charge on any atom is 0.229 e. The average Bonchev–Trinajstić information content (AvgIpc) is 2.94. The Morgan fingerprint density at radius 2 is 1.88 bits per heavy atom. The van der Waals surface area contributed by atoms with Crippen molar-refractivity contribution in [2.45, 2.75) is 25.7 Å². The lowest BCUT2D eigenvalue weighted by molar-refractivity contribution is 0.493. The van der Waals surface area contributed by atoms with E-state index >= 15 is 0 Å². The quantitative estimate of drug-likeness (QED) is 0.793. The topological polar surface area (TPSA) is 72.9 Å². The molecule has 1 aromatic carbocycles. The number of aromatic nitrogens is 4. The van der Waals surface area contributed by atoms with Crippen LogP contribution in [0.3, 0.4) is 0 Å². The Bertz CT molecular complexity index is 930. The zero-order valence-corrected chi connectivity index (χ0v) is 15.2. The molecule has 1 aliphatic rings. The highest BCUT2D eigenvalue weighted by Crippen LogP contribution is 2.64. The molecule has 2 N–H and O–H groups in total. The van der Waals surface area contributed by atoms with Crippen molar-refractivity contribution in [2.75, 3.05) is 24.2 Å². The molecule has 0 spiro atoms. The van der Waals surface area contributed by atoms with Gasteiger partial charge >= 0.3 is 0 Å². The highest BCUT2D eigenvalue weighted by Gasteiger charge is 2.62. The first-order valence-corrected chi connectivity index (χ1v) is 8.56. The molecule has 2 heterocycles. The standard InChI is InChI=1S/C19H24N6/c1-18(2)11-19(18,13-8-6-5-7-9-13)12-24(3)17-22-15(20)14-10-21-25(4)16(14)23-17/h5-10H,11-12H2,1-4H3,(H2,20,22,23). The third kappa shape index (κ3) is 2.35. The summed E-state index contributed by atoms with van der Waals surface area (Å²) in [7, 11) is 3.91. The van der Waals surface area contributed by atoms with Crippen molar-refractivity contribution in [2.24, 2.45) is 12.5 Å². The summed E-state index contributed by atoms with van der Waals surface area (Å²) in [6.45, 7) is 5.51. The minimum absolute atomic E-state index is 0.114. The molecule has 1 fully saturated rings. The largest absolute Gasteiger partial charge is 0.383 e. The Hall–Kier alpha value is -2.63. The second-order valence-electron chi connectivity index (χ2n) is 7.78. The summed E-state index contributed by atoms with van der Waals surface area (Å²) in [5.74, 6) is 1.12. The van der Waals surface area contributed by atoms with E-state index in [1.54, 1.807) is 10.9 Å². The molecule has 0 amide bonds. The second-order valence-corrected chi connectivity index (χ2v) is 7.78. The predicted octanol–water partition coefficient (Wildman–Crippen LogP) is 2.75. The highest BCUT2D eigenvalue weighted by atomic mass is 15.3. The number of hydrogen-bond acceptors (Lipinski definition) is 5. The molecule has 1 unspecified atom stereocenters. The molecular weight excluding hydrogens is 312 g/mol. The van der Waals surface area contributed by atoms with E-state index in [4.69, 9.17) is 5.73 Å². The molecule has 0 aliphatic heterocycles. The van der Waals surface area contributed by atoms with Gasteiger partial charge in [0.05, 0.1) is 11.6 Å². The van der Waals surface area contributed by atoms with E-state index < -0.39 is 0 Å². The van der Waals surface area contributed by atoms with Crippen LogP contribution in [-0.4, -0.2) is 33.3 Å². The van der Waals surface area contributed by atoms with Crippen molar-refractivity contribution in [3.8, 4) is 0 Å². The number of nitrogens with two attached hydrogens (primary N) is 1. The van der Waals surface area contributed by atoms with Crippen molar-refractivity contribution in [3.05, 3.63) is 42.1 Å². The Labute approximate surface area is 147 Å². The number of anilines is 2. The molecule has 0 saturated heterocycles. The number of likely N-dealkylation sites (N-methyl/N-ethyl adjacent to an activating group) is 1. The van der Waals surface area contributed by atoms with Gasteiger partial charge in [-0.1, -0.05) is 44.2 Å². The lowest BCUT2D eigenvalue weighted by atomic mass is 9.87. The van der Waals surface area contributed by atoms with Gasteiger partial charge in [0.2, 0.25) is 5.95 Å². The Balaban J connectivity index is 1.70. The normalized spacial score (nSPS) is 21.4. The number of benzene rings is 1. The van der Waals surface area contributed by atoms with Gasteiger partial charge in [0.25, 0.3) is 0 Å². The molecule has 6 heteroatoms. The van der Waals surface area contributed by atoms with Crippen LogP contribution in [0, 0.1) is 5.41 Å². The summed E-state index contributed by atoms with van der Waals surface area (Å²) in [5, 5.41) is 5.03. The molecule has 1 aliphatic carbocycles. The third-order valence-corrected chi connectivity index (χ3v) is 5.70. The Morgan fingerprint density at radius 1 is 1.20 bits per heavy atom. The van der Waals surface area contributed by atoms with Crippen molar-refractivity contribution < 1.29 is 0 Å². The van der Waals surface area contributed by atoms with Crippen LogP contribution in [0.5, 0.6) is 0 Å². The Morgan fingerprint density at radius 3 is 2.52 bits per heavy atom. The first kappa shape index (κ1) is 15.9. The lowest BCUT2D eigenvalue weighted by Gasteiger charge is -2.28. The minimum atomic E-state index is 0.114. The summed E-state index contributed by atoms with van der Waals surface area (Å²) in [6, 6.07) is 10.7. The molecule has 0 radical (unpaired) electrons. The van der Waals surface area contributed by atoms with Crippen LogP contribution < -0.4 is 10.6 Å². The molecule has 0 bridgehead atoms. The molecule has 3 aromatic rings. The van der Waals surface area contributed by atoms with Crippen molar-refractivity contribution in [1.29, 1.82) is 0 Å². The highest BCUT2D eigenvalue weighted by molar-refractivity contribution is 5.86. The minimum Gasteiger partial charge on any atom is -0.383 e. The second kappa shape index (κ2) is 5.18. The van der Waals surface area contributed by atoms with E-state index in [1.807, 2.05) is 14.1 Å². The van der Waals surface area contributed by atoms with Gasteiger partial charge in [0.15, 0.2) is 5.65 Å². The molecule has 25 heavy (non-hydrogen) atoms. The van der Waals surface area contributed by atoms with Gasteiger partial charge in [-0.15, -0.1) is 0 Å². The van der Waals surface area contributed by atoms with Gasteiger partial charge in [-0.05, 0) is 17.4 Å². The average molecular weight is 336 g/mol. The van der Waals surface area contributed by atoms with Crippen molar-refractivity contribution in [1.82, 2.24) is 19.7 Å². The molecule has 6 nitrogen and oxygen atoms in total. The summed E-state index contributed by atoms with van der Waals surface area (Å²) < 4.78 is 1.73. The fourth-order valence-corrected chi connectivity index (χ4v) is 4.00. The first-order valence-electron chi connectivity index (χ1n) is 8.56. The molecule has 130 valence electrons. The third-order valence-electron chi connectivity index (χ3n) is 5.70. The smallest absolute Gasteiger partial charge is 0.229 e. The van der Waals surface area contributed by atoms with E-state index in [-0.39, 0.29) is 10.8 Å². The monoisotopic (exact) mass is 336 g/mol. The summed E-state index contributed by atoms with van der Waals surface area (Å²) in [5.41, 5.74) is 8.63. The summed E-state index contributed by atoms with van der Waals surface area (Å²) >= 11 is 0. The molecule has 1 saturated carbocycles. The fraction of sp³-hybridized carbons (Fsp3) is 0.421. The van der Waals surface area contributed by atoms with Gasteiger partial charge in [-0.25, -0.2) is 0 Å². The molecule has 1 atom stereocenters. The Kier molecular flexibility index (Phi) is 3.29. The number of rotatable bonds is 4. The zero-order chi connectivity index (χ0) is 17.8. The fourth-order valence-electron chi connectivity index (χ4n) is 4.00. The van der Waals surface area contributed by atoms with Crippen LogP contribution in [0.15, 0.2) is 36.5 Å². The lowest BCUT2D eigenvalue weighted by Crippen LogP contribution is -2.33. The summed E-state index contributed by atoms with van der Waals surface area (Å²) in [4.78, 5) is 11.3. The maximum absolute atomic E-state index is 6.12. The van der Waals surface area contributed by atoms with Crippen molar-refractivity contribution >= 4 is 22.8 Å².